The number of carbonyl (C=O) groups excluding carboxylic acids is 2. The van der Waals surface area contributed by atoms with E-state index in [-0.39, 0.29) is 23.6 Å². The van der Waals surface area contributed by atoms with E-state index in [0.29, 0.717) is 0 Å². The number of carbonyl (C=O) groups is 2. The average Bonchev–Trinajstić information content (AvgIpc) is 3.45. The Balaban J connectivity index is 1.42. The first-order chi connectivity index (χ1) is 16.3. The number of amides is 1. The third-order valence-corrected chi connectivity index (χ3v) is 4.95. The van der Waals surface area contributed by atoms with Gasteiger partial charge in [-0.1, -0.05) is 24.3 Å². The largest absolute Gasteiger partial charge is 0.457 e. The fourth-order valence-electron chi connectivity index (χ4n) is 3.35. The molecule has 0 atom stereocenters. The number of benzene rings is 2. The van der Waals surface area contributed by atoms with Gasteiger partial charge in [-0.3, -0.25) is 14.9 Å². The molecule has 0 spiro atoms. The lowest BCUT2D eigenvalue weighted by Crippen LogP contribution is -2.15. The van der Waals surface area contributed by atoms with Crippen LogP contribution in [-0.2, 0) is 11.3 Å². The van der Waals surface area contributed by atoms with Crippen LogP contribution >= 0.6 is 0 Å². The Labute approximate surface area is 193 Å². The number of ether oxygens (including phenoxy) is 1. The average molecular weight is 460 g/mol. The number of furan rings is 1. The molecule has 0 fully saturated rings. The van der Waals surface area contributed by atoms with Crippen molar-refractivity contribution < 1.29 is 23.7 Å². The second-order valence-electron chi connectivity index (χ2n) is 7.48. The molecule has 0 aliphatic carbocycles. The highest BCUT2D eigenvalue weighted by Gasteiger charge is 2.20. The minimum absolute atomic E-state index is 0.0306. The van der Waals surface area contributed by atoms with Crippen molar-refractivity contribution in [3.05, 3.63) is 105 Å². The van der Waals surface area contributed by atoms with E-state index in [2.05, 4.69) is 10.4 Å². The molecule has 0 saturated heterocycles. The van der Waals surface area contributed by atoms with Crippen LogP contribution in [0.5, 0.6) is 0 Å². The summed E-state index contributed by atoms with van der Waals surface area (Å²) in [5.74, 6) is -2.17. The lowest BCUT2D eigenvalue weighted by atomic mass is 10.1. The molecule has 0 unspecified atom stereocenters. The fourth-order valence-corrected chi connectivity index (χ4v) is 3.35. The molecule has 1 N–H and O–H groups in total. The highest BCUT2D eigenvalue weighted by Crippen LogP contribution is 2.21. The number of aromatic nitrogens is 2. The summed E-state index contributed by atoms with van der Waals surface area (Å²) in [4.78, 5) is 35.1. The van der Waals surface area contributed by atoms with E-state index in [1.54, 1.807) is 12.1 Å². The van der Waals surface area contributed by atoms with Gasteiger partial charge in [0.15, 0.2) is 5.76 Å². The Kier molecular flexibility index (Phi) is 6.22. The fraction of sp³-hybridized carbons (Fsp3) is 0.125. The first-order valence-electron chi connectivity index (χ1n) is 10.3. The summed E-state index contributed by atoms with van der Waals surface area (Å²) in [6.45, 7) is 3.93. The lowest BCUT2D eigenvalue weighted by molar-refractivity contribution is -0.402. The van der Waals surface area contributed by atoms with Gasteiger partial charge in [0.25, 0.3) is 5.91 Å². The Morgan fingerprint density at radius 1 is 1.09 bits per heavy atom. The predicted molar refractivity (Wildman–Crippen MR) is 122 cm³/mol. The summed E-state index contributed by atoms with van der Waals surface area (Å²) in [5.41, 5.74) is 3.94. The lowest BCUT2D eigenvalue weighted by Gasteiger charge is -2.11. The number of hydrogen-bond donors (Lipinski definition) is 1. The summed E-state index contributed by atoms with van der Waals surface area (Å²) < 4.78 is 12.2. The predicted octanol–water partition coefficient (Wildman–Crippen LogP) is 4.60. The van der Waals surface area contributed by atoms with Gasteiger partial charge < -0.3 is 14.5 Å². The topological polar surface area (TPSA) is 130 Å². The van der Waals surface area contributed by atoms with Crippen molar-refractivity contribution in [2.45, 2.75) is 20.5 Å². The van der Waals surface area contributed by atoms with Gasteiger partial charge >= 0.3 is 11.9 Å². The zero-order valence-corrected chi connectivity index (χ0v) is 18.3. The van der Waals surface area contributed by atoms with E-state index in [1.807, 2.05) is 48.9 Å². The van der Waals surface area contributed by atoms with Crippen molar-refractivity contribution >= 4 is 23.4 Å². The molecule has 1 amide bonds. The van der Waals surface area contributed by atoms with Crippen LogP contribution in [0, 0.1) is 24.0 Å². The second-order valence-corrected chi connectivity index (χ2v) is 7.48. The second kappa shape index (κ2) is 9.41. The molecule has 0 saturated carbocycles. The van der Waals surface area contributed by atoms with Gasteiger partial charge in [-0.05, 0) is 55.8 Å². The van der Waals surface area contributed by atoms with Gasteiger partial charge in [-0.15, -0.1) is 0 Å². The number of para-hydroxylation sites is 1. The molecule has 4 rings (SSSR count). The maximum absolute atomic E-state index is 12.7. The number of aryl methyl sites for hydroxylation is 2. The highest BCUT2D eigenvalue weighted by molar-refractivity contribution is 6.06. The maximum Gasteiger partial charge on any atom is 0.433 e. The number of nitrogens with one attached hydrogen (secondary N) is 1. The molecule has 0 aliphatic rings. The zero-order chi connectivity index (χ0) is 24.2. The van der Waals surface area contributed by atoms with Crippen LogP contribution in [0.25, 0.3) is 5.69 Å². The monoisotopic (exact) mass is 460 g/mol. The Hall–Kier alpha value is -4.73. The molecular weight excluding hydrogens is 440 g/mol. The molecule has 4 aromatic rings. The zero-order valence-electron chi connectivity index (χ0n) is 18.3. The van der Waals surface area contributed by atoms with Gasteiger partial charge in [-0.25, -0.2) is 9.48 Å². The van der Waals surface area contributed by atoms with Gasteiger partial charge in [0.1, 0.15) is 11.5 Å². The quantitative estimate of drug-likeness (QED) is 0.242. The van der Waals surface area contributed by atoms with Gasteiger partial charge in [0.05, 0.1) is 28.7 Å². The van der Waals surface area contributed by atoms with E-state index >= 15 is 0 Å². The highest BCUT2D eigenvalue weighted by atomic mass is 16.6. The van der Waals surface area contributed by atoms with E-state index < -0.39 is 22.7 Å². The molecule has 0 radical (unpaired) electrons. The van der Waals surface area contributed by atoms with Crippen LogP contribution in [0.2, 0.25) is 0 Å². The number of rotatable bonds is 7. The molecule has 34 heavy (non-hydrogen) atoms. The van der Waals surface area contributed by atoms with E-state index in [0.717, 1.165) is 28.7 Å². The summed E-state index contributed by atoms with van der Waals surface area (Å²) in [7, 11) is 0. The van der Waals surface area contributed by atoms with Crippen molar-refractivity contribution in [3.8, 4) is 5.69 Å². The Morgan fingerprint density at radius 3 is 2.47 bits per heavy atom. The minimum Gasteiger partial charge on any atom is -0.457 e. The van der Waals surface area contributed by atoms with E-state index in [4.69, 9.17) is 9.15 Å². The van der Waals surface area contributed by atoms with Crippen LogP contribution in [0.3, 0.4) is 0 Å². The summed E-state index contributed by atoms with van der Waals surface area (Å²) in [5, 5.41) is 17.7. The number of anilines is 1. The van der Waals surface area contributed by atoms with Crippen molar-refractivity contribution in [2.75, 3.05) is 5.32 Å². The Bertz CT molecular complexity index is 1370. The van der Waals surface area contributed by atoms with Gasteiger partial charge in [-0.2, -0.15) is 5.10 Å². The molecular formula is C24H20N4O6. The summed E-state index contributed by atoms with van der Waals surface area (Å²) in [6.07, 6.45) is 0. The number of nitro groups is 1. The SMILES string of the molecule is Cc1cc(C)n(-c2ccc(COC(=O)c3ccccc3NC(=O)c3ccc([N+](=O)[O-])o3)cc2)n1. The van der Waals surface area contributed by atoms with E-state index in [9.17, 15) is 19.7 Å². The van der Waals surface area contributed by atoms with Gasteiger partial charge in [0, 0.05) is 5.69 Å². The van der Waals surface area contributed by atoms with Crippen molar-refractivity contribution in [1.29, 1.82) is 0 Å². The third-order valence-electron chi connectivity index (χ3n) is 4.95. The van der Waals surface area contributed by atoms with Crippen molar-refractivity contribution in [2.24, 2.45) is 0 Å². The number of hydrogen-bond acceptors (Lipinski definition) is 7. The Morgan fingerprint density at radius 2 is 1.82 bits per heavy atom. The van der Waals surface area contributed by atoms with Crippen LogP contribution in [0.15, 0.2) is 71.1 Å². The molecule has 10 heteroatoms. The molecule has 2 aromatic carbocycles. The molecule has 10 nitrogen and oxygen atoms in total. The van der Waals surface area contributed by atoms with E-state index in [1.165, 1.54) is 18.2 Å². The van der Waals surface area contributed by atoms with Crippen molar-refractivity contribution in [3.63, 3.8) is 0 Å². The van der Waals surface area contributed by atoms with Crippen LogP contribution in [0.4, 0.5) is 11.6 Å². The van der Waals surface area contributed by atoms with Crippen LogP contribution < -0.4 is 5.32 Å². The molecule has 2 aromatic heterocycles. The molecule has 2 heterocycles. The third kappa shape index (κ3) is 4.85. The maximum atomic E-state index is 12.7. The summed E-state index contributed by atoms with van der Waals surface area (Å²) in [6, 6.07) is 18.0. The molecule has 0 bridgehead atoms. The van der Waals surface area contributed by atoms with Gasteiger partial charge in [0.2, 0.25) is 0 Å². The standard InChI is InChI=1S/C24H20N4O6/c1-15-13-16(2)27(26-15)18-9-7-17(8-10-18)14-33-24(30)19-5-3-4-6-20(19)25-23(29)21-11-12-22(34-21)28(31)32/h3-13H,14H2,1-2H3,(H,25,29). The van der Waals surface area contributed by atoms with Crippen LogP contribution in [0.1, 0.15) is 37.9 Å². The molecule has 0 aliphatic heterocycles. The normalized spacial score (nSPS) is 10.6. The van der Waals surface area contributed by atoms with Crippen LogP contribution in [-0.4, -0.2) is 26.6 Å². The first-order valence-corrected chi connectivity index (χ1v) is 10.3. The smallest absolute Gasteiger partial charge is 0.433 e. The molecule has 172 valence electrons. The van der Waals surface area contributed by atoms with Crippen molar-refractivity contribution in [1.82, 2.24) is 9.78 Å². The number of nitrogens with zero attached hydrogens (tertiary/aromatic N) is 3. The minimum atomic E-state index is -0.744. The first kappa shape index (κ1) is 22.5. The summed E-state index contributed by atoms with van der Waals surface area (Å²) >= 11 is 0. The number of esters is 1.